The van der Waals surface area contributed by atoms with Gasteiger partial charge in [0.05, 0.1) is 5.69 Å². The normalized spacial score (nSPS) is 10.6. The molecule has 156 valence electrons. The van der Waals surface area contributed by atoms with Gasteiger partial charge >= 0.3 is 0 Å². The predicted octanol–water partition coefficient (Wildman–Crippen LogP) is 5.38. The zero-order chi connectivity index (χ0) is 21.2. The molecule has 0 bridgehead atoms. The summed E-state index contributed by atoms with van der Waals surface area (Å²) >= 11 is 5.99. The maximum atomic E-state index is 11.9. The minimum absolute atomic E-state index is 0.131. The maximum absolute atomic E-state index is 11.9. The van der Waals surface area contributed by atoms with Gasteiger partial charge in [-0.05, 0) is 49.2 Å². The van der Waals surface area contributed by atoms with Crippen LogP contribution in [0.4, 0.5) is 5.69 Å². The molecule has 2 aromatic carbocycles. The molecule has 1 amide bonds. The lowest BCUT2D eigenvalue weighted by molar-refractivity contribution is -0.107. The van der Waals surface area contributed by atoms with Gasteiger partial charge in [-0.1, -0.05) is 38.3 Å². The monoisotopic (exact) mass is 416 g/mol. The highest BCUT2D eigenvalue weighted by Crippen LogP contribution is 2.38. The summed E-state index contributed by atoms with van der Waals surface area (Å²) in [5.74, 6) is 0.666. The zero-order valence-corrected chi connectivity index (χ0v) is 17.9. The Hall–Kier alpha value is -2.53. The number of benzene rings is 2. The van der Waals surface area contributed by atoms with E-state index in [4.69, 9.17) is 22.1 Å². The van der Waals surface area contributed by atoms with Crippen molar-refractivity contribution in [1.29, 1.82) is 0 Å². The van der Waals surface area contributed by atoms with Crippen LogP contribution in [-0.4, -0.2) is 25.3 Å². The smallest absolute Gasteiger partial charge is 0.248 e. The van der Waals surface area contributed by atoms with Crippen LogP contribution in [0.15, 0.2) is 36.4 Å². The summed E-state index contributed by atoms with van der Waals surface area (Å²) in [5, 5.41) is 0.613. The Morgan fingerprint density at radius 1 is 1.10 bits per heavy atom. The van der Waals surface area contributed by atoms with Gasteiger partial charge in [-0.2, -0.15) is 0 Å². The largest absolute Gasteiger partial charge is 0.455 e. The van der Waals surface area contributed by atoms with Gasteiger partial charge in [0.2, 0.25) is 5.91 Å². The SMILES string of the molecule is CCCCN(CCCC)c1cc(C(N)=O)cc(CC=O)c1Oc1ccc(Cl)cc1. The molecule has 29 heavy (non-hydrogen) atoms. The van der Waals surface area contributed by atoms with Gasteiger partial charge < -0.3 is 20.2 Å². The van der Waals surface area contributed by atoms with E-state index in [0.717, 1.165) is 50.7 Å². The van der Waals surface area contributed by atoms with Gasteiger partial charge in [0.15, 0.2) is 5.75 Å². The predicted molar refractivity (Wildman–Crippen MR) is 118 cm³/mol. The van der Waals surface area contributed by atoms with E-state index in [9.17, 15) is 9.59 Å². The number of carbonyl (C=O) groups is 2. The van der Waals surface area contributed by atoms with E-state index in [0.29, 0.717) is 27.6 Å². The van der Waals surface area contributed by atoms with E-state index < -0.39 is 5.91 Å². The Balaban J connectivity index is 2.59. The van der Waals surface area contributed by atoms with Crippen LogP contribution in [0.25, 0.3) is 0 Å². The molecule has 0 atom stereocenters. The standard InChI is InChI=1S/C23H29ClN2O3/c1-3-5-12-26(13-6-4-2)21-16-18(23(25)28)15-17(11-14-27)22(21)29-20-9-7-19(24)8-10-20/h7-10,14-16H,3-6,11-13H2,1-2H3,(H2,25,28). The number of hydrogen-bond donors (Lipinski definition) is 1. The summed E-state index contributed by atoms with van der Waals surface area (Å²) in [7, 11) is 0. The number of rotatable bonds is 12. The lowest BCUT2D eigenvalue weighted by Gasteiger charge is -2.28. The van der Waals surface area contributed by atoms with Gasteiger partial charge in [-0.15, -0.1) is 0 Å². The van der Waals surface area contributed by atoms with Crippen molar-refractivity contribution in [2.75, 3.05) is 18.0 Å². The number of unbranched alkanes of at least 4 members (excludes halogenated alkanes) is 2. The second-order valence-electron chi connectivity index (χ2n) is 6.97. The van der Waals surface area contributed by atoms with E-state index in [-0.39, 0.29) is 6.42 Å². The first-order chi connectivity index (χ1) is 14.0. The molecule has 0 spiro atoms. The lowest BCUT2D eigenvalue weighted by atomic mass is 10.0. The Morgan fingerprint density at radius 2 is 1.72 bits per heavy atom. The van der Waals surface area contributed by atoms with Gasteiger partial charge in [0.1, 0.15) is 12.0 Å². The molecule has 0 aliphatic rings. The Morgan fingerprint density at radius 3 is 2.24 bits per heavy atom. The number of nitrogens with zero attached hydrogens (tertiary/aromatic N) is 1. The van der Waals surface area contributed by atoms with Crippen molar-refractivity contribution < 1.29 is 14.3 Å². The van der Waals surface area contributed by atoms with Crippen LogP contribution in [0.5, 0.6) is 11.5 Å². The molecule has 6 heteroatoms. The first kappa shape index (κ1) is 22.8. The quantitative estimate of drug-likeness (QED) is 0.471. The molecule has 0 aliphatic carbocycles. The summed E-state index contributed by atoms with van der Waals surface area (Å²) in [6.07, 6.45) is 5.05. The van der Waals surface area contributed by atoms with Crippen molar-refractivity contribution in [3.8, 4) is 11.5 Å². The van der Waals surface area contributed by atoms with Gasteiger partial charge in [-0.25, -0.2) is 0 Å². The summed E-state index contributed by atoms with van der Waals surface area (Å²) in [6, 6.07) is 10.5. The fourth-order valence-corrected chi connectivity index (χ4v) is 3.21. The molecule has 2 N–H and O–H groups in total. The minimum Gasteiger partial charge on any atom is -0.455 e. The number of aldehydes is 1. The molecule has 5 nitrogen and oxygen atoms in total. The van der Waals surface area contributed by atoms with E-state index in [1.165, 1.54) is 0 Å². The third kappa shape index (κ3) is 6.50. The van der Waals surface area contributed by atoms with Crippen LogP contribution in [0.2, 0.25) is 5.02 Å². The Bertz CT molecular complexity index is 814. The molecule has 0 saturated carbocycles. The van der Waals surface area contributed by atoms with E-state index in [1.807, 2.05) is 0 Å². The minimum atomic E-state index is -0.526. The number of carbonyl (C=O) groups excluding carboxylic acids is 2. The number of halogens is 1. The molecule has 0 saturated heterocycles. The van der Waals surface area contributed by atoms with E-state index in [2.05, 4.69) is 18.7 Å². The highest BCUT2D eigenvalue weighted by molar-refractivity contribution is 6.30. The van der Waals surface area contributed by atoms with Crippen molar-refractivity contribution in [3.63, 3.8) is 0 Å². The van der Waals surface area contributed by atoms with Gasteiger partial charge in [0, 0.05) is 35.7 Å². The molecule has 2 rings (SSSR count). The summed E-state index contributed by atoms with van der Waals surface area (Å²) < 4.78 is 6.21. The van der Waals surface area contributed by atoms with Gasteiger partial charge in [0.25, 0.3) is 0 Å². The van der Waals surface area contributed by atoms with Crippen molar-refractivity contribution in [2.45, 2.75) is 46.0 Å². The number of nitrogens with two attached hydrogens (primary N) is 1. The van der Waals surface area contributed by atoms with Gasteiger partial charge in [-0.3, -0.25) is 4.79 Å². The van der Waals surface area contributed by atoms with E-state index >= 15 is 0 Å². The van der Waals surface area contributed by atoms with Crippen LogP contribution in [0, 0.1) is 0 Å². The maximum Gasteiger partial charge on any atom is 0.248 e. The van der Waals surface area contributed by atoms with Crippen LogP contribution >= 0.6 is 11.6 Å². The molecular formula is C23H29ClN2O3. The summed E-state index contributed by atoms with van der Waals surface area (Å²) in [6.45, 7) is 5.94. The lowest BCUT2D eigenvalue weighted by Crippen LogP contribution is -2.27. The molecule has 0 unspecified atom stereocenters. The Kier molecular flexibility index (Phi) is 9.00. The number of amides is 1. The van der Waals surface area contributed by atoms with Crippen molar-refractivity contribution >= 4 is 29.5 Å². The third-order valence-corrected chi connectivity index (χ3v) is 4.92. The van der Waals surface area contributed by atoms with Crippen molar-refractivity contribution in [1.82, 2.24) is 0 Å². The van der Waals surface area contributed by atoms with Crippen LogP contribution in [0.3, 0.4) is 0 Å². The highest BCUT2D eigenvalue weighted by atomic mass is 35.5. The number of hydrogen-bond acceptors (Lipinski definition) is 4. The average molecular weight is 417 g/mol. The number of anilines is 1. The topological polar surface area (TPSA) is 72.6 Å². The average Bonchev–Trinajstić information content (AvgIpc) is 2.71. The van der Waals surface area contributed by atoms with Crippen molar-refractivity contribution in [2.24, 2.45) is 5.73 Å². The second kappa shape index (κ2) is 11.5. The fourth-order valence-electron chi connectivity index (χ4n) is 3.08. The number of primary amides is 1. The second-order valence-corrected chi connectivity index (χ2v) is 7.41. The third-order valence-electron chi connectivity index (χ3n) is 4.67. The fraction of sp³-hybridized carbons (Fsp3) is 0.391. The molecule has 0 aromatic heterocycles. The zero-order valence-electron chi connectivity index (χ0n) is 17.1. The number of ether oxygens (including phenoxy) is 1. The summed E-state index contributed by atoms with van der Waals surface area (Å²) in [5.41, 5.74) is 7.36. The molecule has 0 radical (unpaired) electrons. The highest BCUT2D eigenvalue weighted by Gasteiger charge is 2.20. The van der Waals surface area contributed by atoms with Crippen LogP contribution in [-0.2, 0) is 11.2 Å². The molecular weight excluding hydrogens is 388 g/mol. The summed E-state index contributed by atoms with van der Waals surface area (Å²) in [4.78, 5) is 25.5. The first-order valence-corrected chi connectivity index (χ1v) is 10.5. The van der Waals surface area contributed by atoms with E-state index in [1.54, 1.807) is 36.4 Å². The molecule has 0 heterocycles. The van der Waals surface area contributed by atoms with Crippen LogP contribution < -0.4 is 15.4 Å². The molecule has 0 aliphatic heterocycles. The molecule has 0 fully saturated rings. The molecule has 2 aromatic rings. The van der Waals surface area contributed by atoms with Crippen LogP contribution in [0.1, 0.15) is 55.5 Å². The van der Waals surface area contributed by atoms with Crippen molar-refractivity contribution in [3.05, 3.63) is 52.5 Å². The first-order valence-electron chi connectivity index (χ1n) is 10.1. The Labute approximate surface area is 177 Å².